The number of nitrogens with one attached hydrogen (secondary N) is 1. The summed E-state index contributed by atoms with van der Waals surface area (Å²) in [6.07, 6.45) is 0.599. The summed E-state index contributed by atoms with van der Waals surface area (Å²) in [5.41, 5.74) is 1.24. The van der Waals surface area contributed by atoms with Crippen molar-refractivity contribution in [3.8, 4) is 5.75 Å². The number of nitro benzene ring substituents is 1. The molecule has 7 rings (SSSR count). The number of thiazole rings is 1. The van der Waals surface area contributed by atoms with Crippen LogP contribution in [0.2, 0.25) is 5.02 Å². The lowest BCUT2D eigenvalue weighted by Crippen LogP contribution is -2.42. The van der Waals surface area contributed by atoms with Crippen molar-refractivity contribution < 1.29 is 29.2 Å². The molecule has 216 valence electrons. The number of aromatic nitrogens is 1. The number of hydrogen-bond acceptors (Lipinski definition) is 9. The van der Waals surface area contributed by atoms with Crippen LogP contribution in [0, 0.1) is 39.7 Å². The molecule has 2 N–H and O–H groups in total. The van der Waals surface area contributed by atoms with Crippen LogP contribution in [0.3, 0.4) is 0 Å². The number of carbonyl (C=O) groups is 3. The lowest BCUT2D eigenvalue weighted by molar-refractivity contribution is -0.385. The number of halogens is 1. The number of rotatable bonds is 7. The smallest absolute Gasteiger partial charge is 0.323 e. The number of thioether (sulfide) groups is 1. The van der Waals surface area contributed by atoms with Gasteiger partial charge in [-0.2, -0.15) is 0 Å². The van der Waals surface area contributed by atoms with Crippen LogP contribution in [-0.2, 0) is 21.0 Å². The Kier molecular flexibility index (Phi) is 6.44. The van der Waals surface area contributed by atoms with Crippen LogP contribution < -0.4 is 9.61 Å². The number of carbonyl (C=O) groups excluding carboxylic acids is 2. The summed E-state index contributed by atoms with van der Waals surface area (Å²) < 4.78 is 6.24. The van der Waals surface area contributed by atoms with Crippen molar-refractivity contribution >= 4 is 58.2 Å². The molecule has 6 unspecified atom stereocenters. The summed E-state index contributed by atoms with van der Waals surface area (Å²) >= 11 is 8.52. The molecular formula is C28H22ClN3O8S2. The van der Waals surface area contributed by atoms with Gasteiger partial charge in [-0.1, -0.05) is 35.1 Å². The van der Waals surface area contributed by atoms with Gasteiger partial charge in [-0.3, -0.25) is 34.2 Å². The van der Waals surface area contributed by atoms with E-state index in [2.05, 4.69) is 4.98 Å². The van der Waals surface area contributed by atoms with E-state index in [9.17, 15) is 34.4 Å². The molecule has 3 heterocycles. The summed E-state index contributed by atoms with van der Waals surface area (Å²) in [5, 5.41) is 22.3. The number of imide groups is 1. The van der Waals surface area contributed by atoms with Crippen LogP contribution in [0.15, 0.2) is 52.3 Å². The van der Waals surface area contributed by atoms with Gasteiger partial charge in [-0.15, -0.1) is 11.8 Å². The van der Waals surface area contributed by atoms with Crippen molar-refractivity contribution in [2.24, 2.45) is 29.6 Å². The number of carboxylic acid groups (broad SMARTS) is 1. The van der Waals surface area contributed by atoms with Gasteiger partial charge in [0.15, 0.2) is 0 Å². The molecule has 2 amide bonds. The van der Waals surface area contributed by atoms with Crippen LogP contribution >= 0.6 is 34.7 Å². The molecule has 11 nitrogen and oxygen atoms in total. The largest absolute Gasteiger partial charge is 0.489 e. The SMILES string of the molecule is O=C(O)CN1C(=O)C2C3CC(C2C1=O)C1C3Sc2[nH]c(=O)sc2[C@@H]1c1cc([N+](=O)[O-])ccc1OCc1ccc(Cl)cc1. The number of hydrogen-bond donors (Lipinski definition) is 2. The van der Waals surface area contributed by atoms with Crippen LogP contribution in [0.4, 0.5) is 5.69 Å². The third-order valence-corrected chi connectivity index (χ3v) is 11.8. The van der Waals surface area contributed by atoms with E-state index in [1.165, 1.54) is 23.9 Å². The molecule has 0 spiro atoms. The molecule has 2 bridgehead atoms. The Balaban J connectivity index is 1.32. The van der Waals surface area contributed by atoms with Gasteiger partial charge in [-0.25, -0.2) is 0 Å². The number of fused-ring (bicyclic) bond motifs is 9. The topological polar surface area (TPSA) is 160 Å². The molecule has 3 fully saturated rings. The normalized spacial score (nSPS) is 28.9. The maximum absolute atomic E-state index is 13.4. The van der Waals surface area contributed by atoms with Crippen LogP contribution in [-0.4, -0.2) is 49.5 Å². The maximum Gasteiger partial charge on any atom is 0.323 e. The summed E-state index contributed by atoms with van der Waals surface area (Å²) in [4.78, 5) is 66.4. The number of benzene rings is 2. The van der Waals surface area contributed by atoms with Gasteiger partial charge in [0.05, 0.1) is 21.8 Å². The summed E-state index contributed by atoms with van der Waals surface area (Å²) in [5.74, 6) is -4.28. The molecule has 2 aliphatic heterocycles. The number of amides is 2. The molecule has 4 aliphatic rings. The number of likely N-dealkylation sites (tertiary alicyclic amines) is 1. The zero-order chi connectivity index (χ0) is 29.4. The van der Waals surface area contributed by atoms with Crippen molar-refractivity contribution in [1.82, 2.24) is 9.88 Å². The predicted molar refractivity (Wildman–Crippen MR) is 152 cm³/mol. The van der Waals surface area contributed by atoms with Gasteiger partial charge >= 0.3 is 10.8 Å². The first-order valence-electron chi connectivity index (χ1n) is 13.2. The van der Waals surface area contributed by atoms with Crippen molar-refractivity contribution in [3.63, 3.8) is 0 Å². The highest BCUT2D eigenvalue weighted by molar-refractivity contribution is 8.00. The standard InChI is InChI=1S/C28H22ClN3O8S2/c29-12-3-1-11(2-4-12)10-40-17-6-5-13(32(38)39)7-14(17)19-20-15-8-16(23(20)41-25-24(19)42-28(37)30-25)22-21(15)26(35)31(27(22)36)9-18(33)34/h1-7,15-16,19-23H,8-10H2,(H,30,37)(H,33,34)/t15?,16?,19-,20?,21?,22?,23?/m1/s1. The first-order chi connectivity index (χ1) is 20.1. The Labute approximate surface area is 251 Å². The van der Waals surface area contributed by atoms with E-state index in [0.29, 0.717) is 32.7 Å². The number of nitro groups is 1. The van der Waals surface area contributed by atoms with E-state index in [4.69, 9.17) is 16.3 Å². The minimum atomic E-state index is -1.26. The third-order valence-electron chi connectivity index (χ3n) is 8.96. The Bertz CT molecular complexity index is 1720. The molecule has 2 saturated carbocycles. The Morgan fingerprint density at radius 3 is 2.52 bits per heavy atom. The zero-order valence-corrected chi connectivity index (χ0v) is 24.0. The number of ether oxygens (including phenoxy) is 1. The molecule has 3 aromatic rings. The number of aromatic amines is 1. The average Bonchev–Trinajstić information content (AvgIpc) is 3.68. The number of non-ortho nitro benzene ring substituents is 1. The molecule has 1 aromatic heterocycles. The van der Waals surface area contributed by atoms with Gasteiger partial charge in [0.25, 0.3) is 5.69 Å². The van der Waals surface area contributed by atoms with Crippen LogP contribution in [0.1, 0.15) is 28.3 Å². The quantitative estimate of drug-likeness (QED) is 0.223. The van der Waals surface area contributed by atoms with E-state index >= 15 is 0 Å². The fraction of sp³-hybridized carbons (Fsp3) is 0.357. The number of nitrogens with zero attached hydrogens (tertiary/aromatic N) is 2. The molecule has 42 heavy (non-hydrogen) atoms. The first kappa shape index (κ1) is 27.2. The lowest BCUT2D eigenvalue weighted by Gasteiger charge is -2.43. The van der Waals surface area contributed by atoms with Gasteiger partial charge < -0.3 is 14.8 Å². The fourth-order valence-corrected chi connectivity index (χ4v) is 10.5. The second kappa shape index (κ2) is 9.96. The Morgan fingerprint density at radius 1 is 1.12 bits per heavy atom. The van der Waals surface area contributed by atoms with E-state index < -0.39 is 47.0 Å². The molecule has 2 aromatic carbocycles. The Morgan fingerprint density at radius 2 is 1.83 bits per heavy atom. The minimum Gasteiger partial charge on any atom is -0.489 e. The summed E-state index contributed by atoms with van der Waals surface area (Å²) in [7, 11) is 0. The maximum atomic E-state index is 13.4. The molecule has 1 saturated heterocycles. The third kappa shape index (κ3) is 4.16. The van der Waals surface area contributed by atoms with E-state index in [1.807, 2.05) is 12.1 Å². The summed E-state index contributed by atoms with van der Waals surface area (Å²) in [6.45, 7) is -0.508. The van der Waals surface area contributed by atoms with Gasteiger partial charge in [0.2, 0.25) is 11.8 Å². The predicted octanol–water partition coefficient (Wildman–Crippen LogP) is 4.13. The molecule has 0 radical (unpaired) electrons. The minimum absolute atomic E-state index is 0.135. The van der Waals surface area contributed by atoms with Crippen molar-refractivity contribution in [1.29, 1.82) is 0 Å². The fourth-order valence-electron chi connectivity index (χ4n) is 7.48. The number of aliphatic carboxylic acids is 1. The summed E-state index contributed by atoms with van der Waals surface area (Å²) in [6, 6.07) is 11.5. The molecular weight excluding hydrogens is 606 g/mol. The molecule has 14 heteroatoms. The second-order valence-electron chi connectivity index (χ2n) is 11.0. The van der Waals surface area contributed by atoms with Crippen molar-refractivity contribution in [2.75, 3.05) is 6.54 Å². The van der Waals surface area contributed by atoms with Crippen molar-refractivity contribution in [3.05, 3.63) is 83.3 Å². The van der Waals surface area contributed by atoms with Gasteiger partial charge in [0.1, 0.15) is 18.9 Å². The van der Waals surface area contributed by atoms with E-state index in [-0.39, 0.29) is 40.2 Å². The highest BCUT2D eigenvalue weighted by Crippen LogP contribution is 2.69. The average molecular weight is 628 g/mol. The monoisotopic (exact) mass is 627 g/mol. The van der Waals surface area contributed by atoms with Gasteiger partial charge in [-0.05, 0) is 47.9 Å². The van der Waals surface area contributed by atoms with Gasteiger partial charge in [0, 0.05) is 38.8 Å². The number of H-pyrrole nitrogens is 1. The Hall–Kier alpha value is -3.68. The highest BCUT2D eigenvalue weighted by atomic mass is 35.5. The second-order valence-corrected chi connectivity index (χ2v) is 13.7. The molecule has 2 aliphatic carbocycles. The van der Waals surface area contributed by atoms with Crippen LogP contribution in [0.5, 0.6) is 5.75 Å². The van der Waals surface area contributed by atoms with E-state index in [1.54, 1.807) is 18.2 Å². The molecule has 7 atom stereocenters. The number of carboxylic acids is 1. The zero-order valence-electron chi connectivity index (χ0n) is 21.6. The highest BCUT2D eigenvalue weighted by Gasteiger charge is 2.69. The van der Waals surface area contributed by atoms with Crippen molar-refractivity contribution in [2.45, 2.75) is 29.2 Å². The van der Waals surface area contributed by atoms with Crippen LogP contribution in [0.25, 0.3) is 0 Å². The lowest BCUT2D eigenvalue weighted by atomic mass is 9.68. The first-order valence-corrected chi connectivity index (χ1v) is 15.3. The van der Waals surface area contributed by atoms with E-state index in [0.717, 1.165) is 21.8 Å².